The van der Waals surface area contributed by atoms with Gasteiger partial charge in [0.1, 0.15) is 0 Å². The fourth-order valence-electron chi connectivity index (χ4n) is 1.21. The third-order valence-electron chi connectivity index (χ3n) is 1.95. The number of halogens is 1. The number of esters is 1. The Bertz CT molecular complexity index is 151. The Kier molecular flexibility index (Phi) is 7.51. The molecule has 0 saturated carbocycles. The van der Waals surface area contributed by atoms with Gasteiger partial charge in [-0.1, -0.05) is 0 Å². The molecule has 1 aliphatic rings. The van der Waals surface area contributed by atoms with Crippen LogP contribution in [0.15, 0.2) is 0 Å². The van der Waals surface area contributed by atoms with Crippen molar-refractivity contribution < 1.29 is 9.53 Å². The molecule has 1 saturated heterocycles. The first-order valence-corrected chi connectivity index (χ1v) is 5.27. The molecule has 0 aliphatic carbocycles. The van der Waals surface area contributed by atoms with Gasteiger partial charge in [-0.15, -0.1) is 24.2 Å². The van der Waals surface area contributed by atoms with E-state index >= 15 is 0 Å². The molecule has 3 nitrogen and oxygen atoms in total. The third-order valence-corrected chi connectivity index (χ3v) is 3.30. The summed E-state index contributed by atoms with van der Waals surface area (Å²) in [6, 6.07) is 0. The Morgan fingerprint density at radius 2 is 2.15 bits per heavy atom. The predicted octanol–water partition coefficient (Wildman–Crippen LogP) is 1.07. The van der Waals surface area contributed by atoms with Crippen LogP contribution in [0.1, 0.15) is 12.8 Å². The Morgan fingerprint density at radius 1 is 1.54 bits per heavy atom. The minimum atomic E-state index is -0.112. The zero-order valence-corrected chi connectivity index (χ0v) is 9.38. The first-order valence-electron chi connectivity index (χ1n) is 4.22. The van der Waals surface area contributed by atoms with Gasteiger partial charge in [-0.05, 0) is 25.9 Å². The molecule has 1 fully saturated rings. The fraction of sp³-hybridized carbons (Fsp3) is 0.875. The molecule has 0 atom stereocenters. The van der Waals surface area contributed by atoms with E-state index in [0.717, 1.165) is 13.1 Å². The maximum absolute atomic E-state index is 10.8. The summed E-state index contributed by atoms with van der Waals surface area (Å²) in [5.74, 6) is 0.389. The molecule has 0 aromatic heterocycles. The molecule has 1 heterocycles. The standard InChI is InChI=1S/C8H15NO2S.ClH/c1-11-8(10)6-12-7-2-4-9-5-3-7;/h7,9H,2-6H2,1H3;1H. The second kappa shape index (κ2) is 7.47. The van der Waals surface area contributed by atoms with Gasteiger partial charge in [0.05, 0.1) is 12.9 Å². The summed E-state index contributed by atoms with van der Waals surface area (Å²) >= 11 is 1.72. The maximum Gasteiger partial charge on any atom is 0.315 e. The number of rotatable bonds is 3. The van der Waals surface area contributed by atoms with Crippen LogP contribution in [-0.4, -0.2) is 37.2 Å². The van der Waals surface area contributed by atoms with Crippen LogP contribution in [0.3, 0.4) is 0 Å². The van der Waals surface area contributed by atoms with Gasteiger partial charge >= 0.3 is 5.97 Å². The van der Waals surface area contributed by atoms with Crippen molar-refractivity contribution in [1.29, 1.82) is 0 Å². The lowest BCUT2D eigenvalue weighted by Crippen LogP contribution is -2.29. The Morgan fingerprint density at radius 3 is 2.69 bits per heavy atom. The molecule has 0 radical (unpaired) electrons. The highest BCUT2D eigenvalue weighted by atomic mass is 35.5. The first kappa shape index (κ1) is 13.1. The van der Waals surface area contributed by atoms with Gasteiger partial charge < -0.3 is 10.1 Å². The summed E-state index contributed by atoms with van der Waals surface area (Å²) in [7, 11) is 1.44. The van der Waals surface area contributed by atoms with Crippen molar-refractivity contribution >= 4 is 30.1 Å². The number of ether oxygens (including phenoxy) is 1. The van der Waals surface area contributed by atoms with E-state index in [0.29, 0.717) is 11.0 Å². The zero-order chi connectivity index (χ0) is 8.81. The molecule has 0 bridgehead atoms. The van der Waals surface area contributed by atoms with Gasteiger partial charge in [-0.2, -0.15) is 0 Å². The van der Waals surface area contributed by atoms with Crippen LogP contribution >= 0.6 is 24.2 Å². The molecular formula is C8H16ClNO2S. The van der Waals surface area contributed by atoms with Gasteiger partial charge in [-0.3, -0.25) is 4.79 Å². The number of carbonyl (C=O) groups excluding carboxylic acids is 1. The summed E-state index contributed by atoms with van der Waals surface area (Å²) in [6.07, 6.45) is 2.34. The molecule has 0 aromatic rings. The molecule has 0 spiro atoms. The fourth-order valence-corrected chi connectivity index (χ4v) is 2.27. The highest BCUT2D eigenvalue weighted by molar-refractivity contribution is 8.00. The van der Waals surface area contributed by atoms with Crippen LogP contribution in [0.2, 0.25) is 0 Å². The van der Waals surface area contributed by atoms with E-state index in [2.05, 4.69) is 10.1 Å². The second-order valence-corrected chi connectivity index (χ2v) is 4.13. The molecule has 0 amide bonds. The molecule has 1 rings (SSSR count). The summed E-state index contributed by atoms with van der Waals surface area (Å²) in [5, 5.41) is 3.93. The molecule has 5 heteroatoms. The average Bonchev–Trinajstić information content (AvgIpc) is 2.16. The Labute approximate surface area is 89.4 Å². The molecular weight excluding hydrogens is 210 g/mol. The zero-order valence-electron chi connectivity index (χ0n) is 7.75. The van der Waals surface area contributed by atoms with Crippen molar-refractivity contribution in [3.8, 4) is 0 Å². The van der Waals surface area contributed by atoms with Gasteiger partial charge in [0.2, 0.25) is 0 Å². The Balaban J connectivity index is 0.00000144. The average molecular weight is 226 g/mol. The number of nitrogens with one attached hydrogen (secondary N) is 1. The number of piperidine rings is 1. The number of carbonyl (C=O) groups is 1. The van der Waals surface area contributed by atoms with Crippen LogP contribution in [0.25, 0.3) is 0 Å². The SMILES string of the molecule is COC(=O)CSC1CCNCC1.Cl. The highest BCUT2D eigenvalue weighted by Gasteiger charge is 2.14. The summed E-state index contributed by atoms with van der Waals surface area (Å²) in [6.45, 7) is 2.16. The molecule has 13 heavy (non-hydrogen) atoms. The van der Waals surface area contributed by atoms with Gasteiger partial charge in [0, 0.05) is 5.25 Å². The van der Waals surface area contributed by atoms with Gasteiger partial charge in [-0.25, -0.2) is 0 Å². The largest absolute Gasteiger partial charge is 0.468 e. The topological polar surface area (TPSA) is 38.3 Å². The Hall–Kier alpha value is 0.0700. The van der Waals surface area contributed by atoms with Crippen molar-refractivity contribution in [2.75, 3.05) is 26.0 Å². The monoisotopic (exact) mass is 225 g/mol. The van der Waals surface area contributed by atoms with Crippen LogP contribution in [0, 0.1) is 0 Å². The number of methoxy groups -OCH3 is 1. The number of hydrogen-bond acceptors (Lipinski definition) is 4. The quantitative estimate of drug-likeness (QED) is 0.730. The third kappa shape index (κ3) is 5.39. The summed E-state index contributed by atoms with van der Waals surface area (Å²) < 4.78 is 4.57. The van der Waals surface area contributed by atoms with E-state index in [1.54, 1.807) is 11.8 Å². The van der Waals surface area contributed by atoms with Crippen LogP contribution in [-0.2, 0) is 9.53 Å². The van der Waals surface area contributed by atoms with Crippen molar-refractivity contribution in [3.63, 3.8) is 0 Å². The van der Waals surface area contributed by atoms with E-state index in [4.69, 9.17) is 0 Å². The van der Waals surface area contributed by atoms with Crippen molar-refractivity contribution in [3.05, 3.63) is 0 Å². The smallest absolute Gasteiger partial charge is 0.315 e. The van der Waals surface area contributed by atoms with E-state index < -0.39 is 0 Å². The molecule has 78 valence electrons. The van der Waals surface area contributed by atoms with Gasteiger partial charge in [0.15, 0.2) is 0 Å². The van der Waals surface area contributed by atoms with Crippen LogP contribution in [0.5, 0.6) is 0 Å². The predicted molar refractivity (Wildman–Crippen MR) is 57.6 cm³/mol. The lowest BCUT2D eigenvalue weighted by Gasteiger charge is -2.21. The lowest BCUT2D eigenvalue weighted by molar-refractivity contribution is -0.137. The van der Waals surface area contributed by atoms with Crippen LogP contribution in [0.4, 0.5) is 0 Å². The maximum atomic E-state index is 10.8. The van der Waals surface area contributed by atoms with Crippen molar-refractivity contribution in [2.45, 2.75) is 18.1 Å². The summed E-state index contributed by atoms with van der Waals surface area (Å²) in [5.41, 5.74) is 0. The minimum absolute atomic E-state index is 0. The molecule has 1 aliphatic heterocycles. The highest BCUT2D eigenvalue weighted by Crippen LogP contribution is 2.19. The van der Waals surface area contributed by atoms with E-state index in [9.17, 15) is 4.79 Å². The lowest BCUT2D eigenvalue weighted by atomic mass is 10.2. The van der Waals surface area contributed by atoms with Crippen molar-refractivity contribution in [1.82, 2.24) is 5.32 Å². The number of hydrogen-bond donors (Lipinski definition) is 1. The molecule has 0 aromatic carbocycles. The van der Waals surface area contributed by atoms with Crippen LogP contribution < -0.4 is 5.32 Å². The summed E-state index contributed by atoms with van der Waals surface area (Å²) in [4.78, 5) is 10.8. The van der Waals surface area contributed by atoms with Crippen molar-refractivity contribution in [2.24, 2.45) is 0 Å². The normalized spacial score (nSPS) is 17.6. The van der Waals surface area contributed by atoms with E-state index in [-0.39, 0.29) is 18.4 Å². The number of thioether (sulfide) groups is 1. The van der Waals surface area contributed by atoms with E-state index in [1.807, 2.05) is 0 Å². The molecule has 0 unspecified atom stereocenters. The minimum Gasteiger partial charge on any atom is -0.468 e. The second-order valence-electron chi connectivity index (χ2n) is 2.84. The molecule has 1 N–H and O–H groups in total. The van der Waals surface area contributed by atoms with Gasteiger partial charge in [0.25, 0.3) is 0 Å². The van der Waals surface area contributed by atoms with E-state index in [1.165, 1.54) is 20.0 Å². The first-order chi connectivity index (χ1) is 5.83.